The molecular formula is C24H23N7O2. The minimum atomic E-state index is -0.675. The Hall–Kier alpha value is -4.27. The molecule has 0 spiro atoms. The van der Waals surface area contributed by atoms with Crippen molar-refractivity contribution >= 4 is 17.5 Å². The highest BCUT2D eigenvalue weighted by atomic mass is 16.2. The Morgan fingerprint density at radius 2 is 2.00 bits per heavy atom. The second-order valence-electron chi connectivity index (χ2n) is 8.08. The van der Waals surface area contributed by atoms with E-state index >= 15 is 0 Å². The predicted octanol–water partition coefficient (Wildman–Crippen LogP) is 2.48. The molecule has 33 heavy (non-hydrogen) atoms. The molecule has 1 aliphatic rings. The molecule has 0 aliphatic carbocycles. The van der Waals surface area contributed by atoms with Crippen molar-refractivity contribution in [3.63, 3.8) is 0 Å². The number of aryl methyl sites for hydroxylation is 2. The van der Waals surface area contributed by atoms with Crippen LogP contribution >= 0.6 is 0 Å². The van der Waals surface area contributed by atoms with Gasteiger partial charge in [-0.05, 0) is 42.2 Å². The number of nitrogens with one attached hydrogen (secondary N) is 3. The average Bonchev–Trinajstić information content (AvgIpc) is 3.43. The number of fused-ring (bicyclic) bond motifs is 1. The van der Waals surface area contributed by atoms with Crippen molar-refractivity contribution in [2.75, 3.05) is 5.32 Å². The summed E-state index contributed by atoms with van der Waals surface area (Å²) in [5.74, 6) is -0.0298. The van der Waals surface area contributed by atoms with E-state index in [0.717, 1.165) is 28.1 Å². The molecule has 2 aromatic carbocycles. The van der Waals surface area contributed by atoms with Crippen molar-refractivity contribution in [2.45, 2.75) is 25.3 Å². The summed E-state index contributed by atoms with van der Waals surface area (Å²) in [4.78, 5) is 28.4. The number of nitrogens with zero attached hydrogens (tertiary/aromatic N) is 4. The first-order valence-corrected chi connectivity index (χ1v) is 10.8. The van der Waals surface area contributed by atoms with Gasteiger partial charge in [0.05, 0.1) is 5.69 Å². The summed E-state index contributed by atoms with van der Waals surface area (Å²) < 4.78 is 1.75. The van der Waals surface area contributed by atoms with Crippen molar-refractivity contribution in [3.8, 4) is 11.3 Å². The van der Waals surface area contributed by atoms with Gasteiger partial charge in [-0.3, -0.25) is 14.3 Å². The van der Waals surface area contributed by atoms with Crippen LogP contribution in [0.2, 0.25) is 0 Å². The number of anilines is 1. The van der Waals surface area contributed by atoms with E-state index in [1.165, 1.54) is 0 Å². The van der Waals surface area contributed by atoms with Crippen molar-refractivity contribution < 1.29 is 9.59 Å². The van der Waals surface area contributed by atoms with Crippen molar-refractivity contribution in [1.29, 1.82) is 0 Å². The summed E-state index contributed by atoms with van der Waals surface area (Å²) >= 11 is 0. The van der Waals surface area contributed by atoms with Gasteiger partial charge in [-0.15, -0.1) is 10.2 Å². The monoisotopic (exact) mass is 441 g/mol. The van der Waals surface area contributed by atoms with E-state index in [4.69, 9.17) is 0 Å². The standard InChI is InChI=1S/C24H23N7O2/c1-31-12-11-19(30-31)17-7-9-18-16(14-17)8-10-20(23(32)25-18)26-24(33)22-27-21(28-29-22)13-15-5-3-2-4-6-15/h2-7,9,11-12,14,20H,8,10,13H2,1H3,(H,25,32)(H,26,33)(H,27,28,29)/t20-/m1/s1. The van der Waals surface area contributed by atoms with Crippen molar-refractivity contribution in [2.24, 2.45) is 7.05 Å². The first-order chi connectivity index (χ1) is 16.0. The van der Waals surface area contributed by atoms with Crippen LogP contribution in [0.4, 0.5) is 5.69 Å². The van der Waals surface area contributed by atoms with Crippen LogP contribution in [-0.4, -0.2) is 42.8 Å². The Labute approximate surface area is 190 Å². The molecule has 4 aromatic rings. The van der Waals surface area contributed by atoms with Crippen LogP contribution < -0.4 is 10.6 Å². The number of carbonyl (C=O) groups excluding carboxylic acids is 2. The molecule has 166 valence electrons. The summed E-state index contributed by atoms with van der Waals surface area (Å²) in [6, 6.07) is 16.9. The highest BCUT2D eigenvalue weighted by molar-refractivity contribution is 6.00. The molecule has 1 aliphatic heterocycles. The van der Waals surface area contributed by atoms with Gasteiger partial charge in [-0.1, -0.05) is 36.4 Å². The fraction of sp³-hybridized carbons (Fsp3) is 0.208. The molecule has 0 unspecified atom stereocenters. The number of benzene rings is 2. The van der Waals surface area contributed by atoms with Gasteiger partial charge in [0, 0.05) is 30.9 Å². The van der Waals surface area contributed by atoms with E-state index in [2.05, 4.69) is 30.9 Å². The molecule has 9 nitrogen and oxygen atoms in total. The summed E-state index contributed by atoms with van der Waals surface area (Å²) in [5, 5.41) is 18.2. The SMILES string of the molecule is Cn1ccc(-c2ccc3c(c2)CC[C@@H](NC(=O)c2nnc(Cc4ccccc4)[nH]2)C(=O)N3)n1. The van der Waals surface area contributed by atoms with Crippen LogP contribution in [-0.2, 0) is 24.7 Å². The van der Waals surface area contributed by atoms with E-state index in [1.54, 1.807) is 4.68 Å². The zero-order valence-corrected chi connectivity index (χ0v) is 18.1. The lowest BCUT2D eigenvalue weighted by atomic mass is 10.0. The predicted molar refractivity (Wildman–Crippen MR) is 122 cm³/mol. The highest BCUT2D eigenvalue weighted by Crippen LogP contribution is 2.27. The minimum Gasteiger partial charge on any atom is -0.337 e. The fourth-order valence-corrected chi connectivity index (χ4v) is 3.93. The summed E-state index contributed by atoms with van der Waals surface area (Å²) in [5.41, 5.74) is 4.68. The number of amides is 2. The highest BCUT2D eigenvalue weighted by Gasteiger charge is 2.27. The van der Waals surface area contributed by atoms with E-state index in [0.29, 0.717) is 25.1 Å². The van der Waals surface area contributed by atoms with Gasteiger partial charge in [0.1, 0.15) is 11.9 Å². The molecule has 0 fully saturated rings. The number of aromatic nitrogens is 5. The first kappa shape index (κ1) is 20.6. The molecule has 0 saturated heterocycles. The van der Waals surface area contributed by atoms with Crippen LogP contribution in [0.5, 0.6) is 0 Å². The smallest absolute Gasteiger partial charge is 0.289 e. The number of carbonyl (C=O) groups is 2. The molecule has 2 amide bonds. The molecule has 1 atom stereocenters. The summed E-state index contributed by atoms with van der Waals surface area (Å²) in [6.07, 6.45) is 3.54. The van der Waals surface area contributed by atoms with Gasteiger partial charge in [0.15, 0.2) is 0 Å². The Morgan fingerprint density at radius 1 is 1.15 bits per heavy atom. The largest absolute Gasteiger partial charge is 0.337 e. The number of rotatable bonds is 5. The van der Waals surface area contributed by atoms with Crippen LogP contribution in [0.15, 0.2) is 60.8 Å². The Morgan fingerprint density at radius 3 is 2.79 bits per heavy atom. The van der Waals surface area contributed by atoms with E-state index in [1.807, 2.05) is 67.8 Å². The van der Waals surface area contributed by atoms with Gasteiger partial charge >= 0.3 is 0 Å². The summed E-state index contributed by atoms with van der Waals surface area (Å²) in [6.45, 7) is 0. The molecule has 9 heteroatoms. The van der Waals surface area contributed by atoms with E-state index in [9.17, 15) is 9.59 Å². The average molecular weight is 441 g/mol. The van der Waals surface area contributed by atoms with Gasteiger partial charge in [-0.2, -0.15) is 5.10 Å². The maximum atomic E-state index is 12.8. The maximum absolute atomic E-state index is 12.8. The zero-order chi connectivity index (χ0) is 22.8. The van der Waals surface area contributed by atoms with Crippen molar-refractivity contribution in [1.82, 2.24) is 30.3 Å². The second kappa shape index (κ2) is 8.70. The fourth-order valence-electron chi connectivity index (χ4n) is 3.93. The molecule has 3 heterocycles. The van der Waals surface area contributed by atoms with E-state index in [-0.39, 0.29) is 11.7 Å². The third kappa shape index (κ3) is 4.52. The third-order valence-corrected chi connectivity index (χ3v) is 5.66. The lowest BCUT2D eigenvalue weighted by Gasteiger charge is -2.14. The van der Waals surface area contributed by atoms with Crippen LogP contribution in [0.25, 0.3) is 11.3 Å². The molecule has 3 N–H and O–H groups in total. The molecular weight excluding hydrogens is 418 g/mol. The number of H-pyrrole nitrogens is 1. The normalized spacial score (nSPS) is 15.4. The van der Waals surface area contributed by atoms with Gasteiger partial charge in [0.25, 0.3) is 5.91 Å². The molecule has 0 radical (unpaired) electrons. The first-order valence-electron chi connectivity index (χ1n) is 10.8. The van der Waals surface area contributed by atoms with Crippen LogP contribution in [0.1, 0.15) is 34.0 Å². The molecule has 0 bridgehead atoms. The lowest BCUT2D eigenvalue weighted by molar-refractivity contribution is -0.118. The van der Waals surface area contributed by atoms with Crippen LogP contribution in [0.3, 0.4) is 0 Å². The Kier molecular flexibility index (Phi) is 5.43. The lowest BCUT2D eigenvalue weighted by Crippen LogP contribution is -2.43. The molecule has 5 rings (SSSR count). The third-order valence-electron chi connectivity index (χ3n) is 5.66. The number of hydrogen-bond acceptors (Lipinski definition) is 5. The quantitative estimate of drug-likeness (QED) is 0.440. The Bertz CT molecular complexity index is 1310. The van der Waals surface area contributed by atoms with Crippen LogP contribution in [0, 0.1) is 0 Å². The second-order valence-corrected chi connectivity index (χ2v) is 8.08. The molecule has 2 aromatic heterocycles. The number of aromatic amines is 1. The topological polar surface area (TPSA) is 118 Å². The number of hydrogen-bond donors (Lipinski definition) is 3. The summed E-state index contributed by atoms with van der Waals surface area (Å²) in [7, 11) is 1.87. The Balaban J connectivity index is 1.26. The van der Waals surface area contributed by atoms with Gasteiger partial charge < -0.3 is 15.6 Å². The minimum absolute atomic E-state index is 0.0907. The molecule has 0 saturated carbocycles. The maximum Gasteiger partial charge on any atom is 0.289 e. The van der Waals surface area contributed by atoms with Gasteiger partial charge in [-0.25, -0.2) is 0 Å². The van der Waals surface area contributed by atoms with Crippen molar-refractivity contribution in [3.05, 3.63) is 83.6 Å². The van der Waals surface area contributed by atoms with Gasteiger partial charge in [0.2, 0.25) is 11.7 Å². The van der Waals surface area contributed by atoms with E-state index < -0.39 is 11.9 Å². The zero-order valence-electron chi connectivity index (χ0n) is 18.1.